The second-order valence-electron chi connectivity index (χ2n) is 6.97. The zero-order valence-corrected chi connectivity index (χ0v) is 17.1. The summed E-state index contributed by atoms with van der Waals surface area (Å²) in [5, 5.41) is 10.8. The predicted molar refractivity (Wildman–Crippen MR) is 115 cm³/mol. The number of nitrogens with zero attached hydrogens (tertiary/aromatic N) is 3. The molecule has 0 radical (unpaired) electrons. The van der Waals surface area contributed by atoms with Gasteiger partial charge >= 0.3 is 5.97 Å². The summed E-state index contributed by atoms with van der Waals surface area (Å²) in [5.41, 5.74) is 2.09. The molecular formula is C22H25N3O5. The number of rotatable bonds is 7. The summed E-state index contributed by atoms with van der Waals surface area (Å²) >= 11 is 0. The van der Waals surface area contributed by atoms with Gasteiger partial charge in [-0.05, 0) is 29.8 Å². The van der Waals surface area contributed by atoms with Gasteiger partial charge in [-0.3, -0.25) is 19.8 Å². The molecule has 8 nitrogen and oxygen atoms in total. The Morgan fingerprint density at radius 2 is 1.80 bits per heavy atom. The van der Waals surface area contributed by atoms with Gasteiger partial charge in [0.15, 0.2) is 11.5 Å². The molecule has 1 fully saturated rings. The Labute approximate surface area is 175 Å². The molecule has 158 valence electrons. The third-order valence-corrected chi connectivity index (χ3v) is 4.91. The predicted octanol–water partition coefficient (Wildman–Crippen LogP) is 3.36. The van der Waals surface area contributed by atoms with Crippen LogP contribution < -0.4 is 14.4 Å². The molecule has 0 atom stereocenters. The van der Waals surface area contributed by atoms with Crippen LogP contribution in [0.15, 0.2) is 48.5 Å². The fraction of sp³-hybridized carbons (Fsp3) is 0.318. The van der Waals surface area contributed by atoms with Gasteiger partial charge < -0.3 is 14.4 Å². The zero-order chi connectivity index (χ0) is 21.5. The van der Waals surface area contributed by atoms with E-state index in [0.29, 0.717) is 11.5 Å². The van der Waals surface area contributed by atoms with Gasteiger partial charge in [0.25, 0.3) is 5.69 Å². The Hall–Kier alpha value is -3.39. The molecule has 0 amide bonds. The molecule has 3 rings (SSSR count). The van der Waals surface area contributed by atoms with Crippen molar-refractivity contribution in [3.63, 3.8) is 0 Å². The van der Waals surface area contributed by atoms with Gasteiger partial charge in [-0.25, -0.2) is 0 Å². The van der Waals surface area contributed by atoms with Crippen LogP contribution in [0, 0.1) is 10.1 Å². The molecule has 0 aromatic heterocycles. The largest absolute Gasteiger partial charge is 0.493 e. The second-order valence-corrected chi connectivity index (χ2v) is 6.97. The van der Waals surface area contributed by atoms with Crippen LogP contribution in [0.1, 0.15) is 12.5 Å². The van der Waals surface area contributed by atoms with Crippen LogP contribution in [0.4, 0.5) is 11.4 Å². The van der Waals surface area contributed by atoms with E-state index in [-0.39, 0.29) is 16.6 Å². The first kappa shape index (κ1) is 21.3. The summed E-state index contributed by atoms with van der Waals surface area (Å²) in [7, 11) is 1.54. The Balaban J connectivity index is 1.51. The Morgan fingerprint density at radius 1 is 1.10 bits per heavy atom. The van der Waals surface area contributed by atoms with E-state index < -0.39 is 0 Å². The minimum Gasteiger partial charge on any atom is -0.493 e. The van der Waals surface area contributed by atoms with E-state index in [1.807, 2.05) is 18.2 Å². The summed E-state index contributed by atoms with van der Waals surface area (Å²) in [6.45, 7) is 5.75. The lowest BCUT2D eigenvalue weighted by Gasteiger charge is -2.35. The van der Waals surface area contributed by atoms with Crippen molar-refractivity contribution in [2.45, 2.75) is 6.92 Å². The van der Waals surface area contributed by atoms with Gasteiger partial charge in [0.2, 0.25) is 0 Å². The topological polar surface area (TPSA) is 85.2 Å². The number of nitro benzene ring substituents is 1. The number of esters is 1. The van der Waals surface area contributed by atoms with Crippen molar-refractivity contribution < 1.29 is 19.2 Å². The average molecular weight is 411 g/mol. The number of hydrogen-bond acceptors (Lipinski definition) is 7. The van der Waals surface area contributed by atoms with E-state index in [9.17, 15) is 14.9 Å². The highest BCUT2D eigenvalue weighted by molar-refractivity contribution is 5.71. The monoisotopic (exact) mass is 411 g/mol. The summed E-state index contributed by atoms with van der Waals surface area (Å²) < 4.78 is 10.4. The number of carbonyl (C=O) groups excluding carboxylic acids is 1. The van der Waals surface area contributed by atoms with Crippen molar-refractivity contribution in [3.05, 3.63) is 64.2 Å². The van der Waals surface area contributed by atoms with Crippen molar-refractivity contribution in [3.8, 4) is 11.5 Å². The fourth-order valence-corrected chi connectivity index (χ4v) is 3.34. The molecule has 0 unspecified atom stereocenters. The van der Waals surface area contributed by atoms with Crippen LogP contribution in [0.3, 0.4) is 0 Å². The van der Waals surface area contributed by atoms with Crippen molar-refractivity contribution >= 4 is 23.4 Å². The maximum Gasteiger partial charge on any atom is 0.308 e. The van der Waals surface area contributed by atoms with Crippen LogP contribution in [0.25, 0.3) is 6.08 Å². The molecule has 1 heterocycles. The van der Waals surface area contributed by atoms with Crippen LogP contribution in [0.5, 0.6) is 11.5 Å². The highest BCUT2D eigenvalue weighted by Crippen LogP contribution is 2.28. The van der Waals surface area contributed by atoms with Gasteiger partial charge in [0, 0.05) is 57.5 Å². The summed E-state index contributed by atoms with van der Waals surface area (Å²) in [5.74, 6) is 0.540. The molecule has 8 heteroatoms. The lowest BCUT2D eigenvalue weighted by molar-refractivity contribution is -0.384. The van der Waals surface area contributed by atoms with Crippen LogP contribution >= 0.6 is 0 Å². The first-order valence-corrected chi connectivity index (χ1v) is 9.71. The van der Waals surface area contributed by atoms with Gasteiger partial charge in [0.1, 0.15) is 0 Å². The zero-order valence-electron chi connectivity index (χ0n) is 17.1. The molecule has 2 aromatic carbocycles. The van der Waals surface area contributed by atoms with E-state index in [4.69, 9.17) is 9.47 Å². The van der Waals surface area contributed by atoms with Crippen molar-refractivity contribution in [1.29, 1.82) is 0 Å². The van der Waals surface area contributed by atoms with E-state index in [0.717, 1.165) is 44.0 Å². The lowest BCUT2D eigenvalue weighted by Crippen LogP contribution is -2.46. The normalized spacial score (nSPS) is 14.7. The second kappa shape index (κ2) is 9.89. The first-order valence-electron chi connectivity index (χ1n) is 9.71. The molecule has 0 bridgehead atoms. The van der Waals surface area contributed by atoms with Crippen molar-refractivity contribution in [2.24, 2.45) is 0 Å². The average Bonchev–Trinajstić information content (AvgIpc) is 2.75. The highest BCUT2D eigenvalue weighted by atomic mass is 16.6. The quantitative estimate of drug-likeness (QED) is 0.299. The number of carbonyl (C=O) groups is 1. The molecule has 30 heavy (non-hydrogen) atoms. The Morgan fingerprint density at radius 3 is 2.40 bits per heavy atom. The van der Waals surface area contributed by atoms with E-state index >= 15 is 0 Å². The van der Waals surface area contributed by atoms with Gasteiger partial charge in [-0.15, -0.1) is 0 Å². The number of methoxy groups -OCH3 is 1. The fourth-order valence-electron chi connectivity index (χ4n) is 3.34. The third kappa shape index (κ3) is 5.57. The van der Waals surface area contributed by atoms with Gasteiger partial charge in [-0.2, -0.15) is 0 Å². The number of hydrogen-bond donors (Lipinski definition) is 0. The number of piperazine rings is 1. The van der Waals surface area contributed by atoms with E-state index in [1.54, 1.807) is 37.4 Å². The molecule has 1 aliphatic heterocycles. The lowest BCUT2D eigenvalue weighted by atomic mass is 10.2. The minimum absolute atomic E-state index is 0.111. The number of non-ortho nitro benzene ring substituents is 1. The van der Waals surface area contributed by atoms with Gasteiger partial charge in [-0.1, -0.05) is 18.2 Å². The van der Waals surface area contributed by atoms with E-state index in [2.05, 4.69) is 15.9 Å². The summed E-state index contributed by atoms with van der Waals surface area (Å²) in [4.78, 5) is 26.1. The molecular weight excluding hydrogens is 386 g/mol. The Bertz CT molecular complexity index is 919. The van der Waals surface area contributed by atoms with Crippen molar-refractivity contribution in [1.82, 2.24) is 4.90 Å². The van der Waals surface area contributed by atoms with Crippen LogP contribution in [0.2, 0.25) is 0 Å². The number of benzene rings is 2. The third-order valence-electron chi connectivity index (χ3n) is 4.91. The summed E-state index contributed by atoms with van der Waals surface area (Å²) in [6, 6.07) is 12.1. The molecule has 1 saturated heterocycles. The number of anilines is 1. The molecule has 0 saturated carbocycles. The van der Waals surface area contributed by atoms with Crippen molar-refractivity contribution in [2.75, 3.05) is 44.7 Å². The molecule has 0 N–H and O–H groups in total. The van der Waals surface area contributed by atoms with E-state index in [1.165, 1.54) is 6.92 Å². The summed E-state index contributed by atoms with van der Waals surface area (Å²) in [6.07, 6.45) is 4.12. The Kier molecular flexibility index (Phi) is 7.03. The molecule has 2 aromatic rings. The minimum atomic E-state index is -0.385. The SMILES string of the molecule is COc1cc(/C=C\CN2CCN(c3ccc([N+](=O)[O-])cc3)CC2)ccc1OC(C)=O. The maximum atomic E-state index is 11.1. The maximum absolute atomic E-state index is 11.1. The molecule has 0 spiro atoms. The standard InChI is InChI=1S/C22H25N3O5/c1-17(26)30-21-10-5-18(16-22(21)29-2)4-3-11-23-12-14-24(15-13-23)19-6-8-20(9-7-19)25(27)28/h3-10,16H,11-15H2,1-2H3/b4-3-. The number of nitro groups is 1. The molecule has 0 aliphatic carbocycles. The molecule has 1 aliphatic rings. The van der Waals surface area contributed by atoms with Crippen LogP contribution in [-0.2, 0) is 4.79 Å². The van der Waals surface area contributed by atoms with Gasteiger partial charge in [0.05, 0.1) is 12.0 Å². The van der Waals surface area contributed by atoms with Crippen LogP contribution in [-0.4, -0.2) is 55.6 Å². The first-order chi connectivity index (χ1) is 14.5. The highest BCUT2D eigenvalue weighted by Gasteiger charge is 2.17. The number of ether oxygens (including phenoxy) is 2. The smallest absolute Gasteiger partial charge is 0.308 e.